The van der Waals surface area contributed by atoms with Crippen molar-refractivity contribution in [1.82, 2.24) is 4.98 Å². The number of rotatable bonds is 1. The molecular weight excluding hydrogens is 202 g/mol. The highest BCUT2D eigenvalue weighted by atomic mass is 16.4. The molecule has 1 aromatic carbocycles. The molecule has 1 heterocycles. The van der Waals surface area contributed by atoms with Crippen molar-refractivity contribution in [3.05, 3.63) is 35.5 Å². The second-order valence-electron chi connectivity index (χ2n) is 3.45. The van der Waals surface area contributed by atoms with Gasteiger partial charge in [-0.25, -0.2) is 4.79 Å². The van der Waals surface area contributed by atoms with Crippen molar-refractivity contribution in [2.75, 3.05) is 0 Å². The fourth-order valence-corrected chi connectivity index (χ4v) is 1.52. The summed E-state index contributed by atoms with van der Waals surface area (Å²) < 4.78 is 0. The van der Waals surface area contributed by atoms with Crippen molar-refractivity contribution in [3.8, 4) is 11.8 Å². The first-order valence-electron chi connectivity index (χ1n) is 5.05. The Kier molecular flexibility index (Phi) is 2.65. The molecule has 0 atom stereocenters. The zero-order valence-corrected chi connectivity index (χ0v) is 8.87. The van der Waals surface area contributed by atoms with E-state index in [1.807, 2.05) is 25.1 Å². The number of hydrogen-bond acceptors (Lipinski definition) is 1. The minimum Gasteiger partial charge on any atom is -0.477 e. The van der Waals surface area contributed by atoms with Crippen molar-refractivity contribution >= 4 is 16.9 Å². The van der Waals surface area contributed by atoms with Crippen LogP contribution in [-0.4, -0.2) is 16.1 Å². The van der Waals surface area contributed by atoms with Crippen LogP contribution in [0.25, 0.3) is 10.9 Å². The van der Waals surface area contributed by atoms with Gasteiger partial charge in [-0.15, -0.1) is 0 Å². The number of aromatic amines is 1. The summed E-state index contributed by atoms with van der Waals surface area (Å²) in [6.07, 6.45) is 0.811. The molecule has 3 heteroatoms. The average Bonchev–Trinajstić information content (AvgIpc) is 2.69. The normalized spacial score (nSPS) is 9.81. The quantitative estimate of drug-likeness (QED) is 0.715. The van der Waals surface area contributed by atoms with E-state index in [-0.39, 0.29) is 5.69 Å². The molecule has 1 aromatic heterocycles. The Balaban J connectivity index is 2.49. The molecule has 0 aliphatic heterocycles. The smallest absolute Gasteiger partial charge is 0.352 e. The van der Waals surface area contributed by atoms with Crippen molar-refractivity contribution in [1.29, 1.82) is 0 Å². The fourth-order valence-electron chi connectivity index (χ4n) is 1.52. The lowest BCUT2D eigenvalue weighted by Gasteiger charge is -1.90. The van der Waals surface area contributed by atoms with E-state index in [0.29, 0.717) is 0 Å². The Morgan fingerprint density at radius 2 is 2.25 bits per heavy atom. The summed E-state index contributed by atoms with van der Waals surface area (Å²) in [5.41, 5.74) is 1.93. The molecular formula is C13H11NO2. The first-order valence-corrected chi connectivity index (χ1v) is 5.05. The first-order chi connectivity index (χ1) is 7.70. The number of carbonyl (C=O) groups is 1. The summed E-state index contributed by atoms with van der Waals surface area (Å²) in [5.74, 6) is 5.05. The number of hydrogen-bond donors (Lipinski definition) is 2. The Bertz CT molecular complexity index is 599. The van der Waals surface area contributed by atoms with Gasteiger partial charge in [0.15, 0.2) is 0 Å². The van der Waals surface area contributed by atoms with Gasteiger partial charge in [0.1, 0.15) is 5.69 Å². The van der Waals surface area contributed by atoms with E-state index in [0.717, 1.165) is 22.9 Å². The van der Waals surface area contributed by atoms with E-state index < -0.39 is 5.97 Å². The SMILES string of the molecule is CCC#Cc1ccc2[nH]c(C(=O)O)cc2c1. The molecule has 0 bridgehead atoms. The van der Waals surface area contributed by atoms with Gasteiger partial charge < -0.3 is 10.1 Å². The van der Waals surface area contributed by atoms with Crippen LogP contribution in [0.4, 0.5) is 0 Å². The standard InChI is InChI=1S/C13H11NO2/c1-2-3-4-9-5-6-11-10(7-9)8-12(14-11)13(15)16/h5-8,14H,2H2,1H3,(H,15,16). The van der Waals surface area contributed by atoms with Gasteiger partial charge in [-0.3, -0.25) is 0 Å². The molecule has 0 saturated heterocycles. The molecule has 0 fully saturated rings. The van der Waals surface area contributed by atoms with E-state index in [1.54, 1.807) is 6.07 Å². The van der Waals surface area contributed by atoms with Gasteiger partial charge in [0.05, 0.1) is 0 Å². The van der Waals surface area contributed by atoms with Gasteiger partial charge >= 0.3 is 5.97 Å². The molecule has 2 aromatic rings. The van der Waals surface area contributed by atoms with E-state index in [2.05, 4.69) is 16.8 Å². The third-order valence-corrected chi connectivity index (χ3v) is 2.26. The summed E-state index contributed by atoms with van der Waals surface area (Å²) in [6, 6.07) is 7.24. The molecule has 0 amide bonds. The lowest BCUT2D eigenvalue weighted by Crippen LogP contribution is -1.94. The minimum absolute atomic E-state index is 0.204. The second-order valence-corrected chi connectivity index (χ2v) is 3.45. The maximum absolute atomic E-state index is 10.8. The third kappa shape index (κ3) is 1.91. The highest BCUT2D eigenvalue weighted by Crippen LogP contribution is 2.16. The number of carboxylic acid groups (broad SMARTS) is 1. The maximum Gasteiger partial charge on any atom is 0.352 e. The zero-order valence-electron chi connectivity index (χ0n) is 8.87. The molecule has 0 unspecified atom stereocenters. The highest BCUT2D eigenvalue weighted by Gasteiger charge is 2.06. The number of carboxylic acids is 1. The van der Waals surface area contributed by atoms with Gasteiger partial charge in [-0.2, -0.15) is 0 Å². The summed E-state index contributed by atoms with van der Waals surface area (Å²) in [4.78, 5) is 13.6. The minimum atomic E-state index is -0.947. The Hall–Kier alpha value is -2.21. The largest absolute Gasteiger partial charge is 0.477 e. The number of aromatic nitrogens is 1. The van der Waals surface area contributed by atoms with Crippen LogP contribution in [0.2, 0.25) is 0 Å². The van der Waals surface area contributed by atoms with Gasteiger partial charge in [-0.05, 0) is 24.3 Å². The average molecular weight is 213 g/mol. The van der Waals surface area contributed by atoms with Gasteiger partial charge in [0, 0.05) is 22.9 Å². The molecule has 0 saturated carbocycles. The second kappa shape index (κ2) is 4.11. The number of nitrogens with one attached hydrogen (secondary N) is 1. The first kappa shape index (κ1) is 10.3. The summed E-state index contributed by atoms with van der Waals surface area (Å²) in [5, 5.41) is 9.71. The molecule has 3 nitrogen and oxygen atoms in total. The number of aromatic carboxylic acids is 1. The molecule has 0 spiro atoms. The lowest BCUT2D eigenvalue weighted by molar-refractivity contribution is 0.0691. The van der Waals surface area contributed by atoms with E-state index in [1.165, 1.54) is 0 Å². The van der Waals surface area contributed by atoms with Crippen LogP contribution in [0.5, 0.6) is 0 Å². The number of benzene rings is 1. The van der Waals surface area contributed by atoms with Crippen molar-refractivity contribution in [2.45, 2.75) is 13.3 Å². The number of H-pyrrole nitrogens is 1. The zero-order chi connectivity index (χ0) is 11.5. The van der Waals surface area contributed by atoms with Crippen LogP contribution in [0, 0.1) is 11.8 Å². The van der Waals surface area contributed by atoms with Crippen molar-refractivity contribution < 1.29 is 9.90 Å². The molecule has 0 radical (unpaired) electrons. The van der Waals surface area contributed by atoms with Crippen LogP contribution in [-0.2, 0) is 0 Å². The van der Waals surface area contributed by atoms with Crippen LogP contribution >= 0.6 is 0 Å². The molecule has 16 heavy (non-hydrogen) atoms. The van der Waals surface area contributed by atoms with Crippen molar-refractivity contribution in [2.24, 2.45) is 0 Å². The topological polar surface area (TPSA) is 53.1 Å². The number of fused-ring (bicyclic) bond motifs is 1. The Labute approximate surface area is 93.1 Å². The monoisotopic (exact) mass is 213 g/mol. The van der Waals surface area contributed by atoms with Crippen LogP contribution in [0.3, 0.4) is 0 Å². The predicted octanol–water partition coefficient (Wildman–Crippen LogP) is 2.63. The van der Waals surface area contributed by atoms with E-state index in [4.69, 9.17) is 5.11 Å². The fraction of sp³-hybridized carbons (Fsp3) is 0.154. The molecule has 80 valence electrons. The Morgan fingerprint density at radius 3 is 2.94 bits per heavy atom. The highest BCUT2D eigenvalue weighted by molar-refractivity contribution is 5.94. The Morgan fingerprint density at radius 1 is 1.44 bits per heavy atom. The molecule has 2 N–H and O–H groups in total. The van der Waals surface area contributed by atoms with Gasteiger partial charge in [0.25, 0.3) is 0 Å². The van der Waals surface area contributed by atoms with Crippen LogP contribution in [0.15, 0.2) is 24.3 Å². The van der Waals surface area contributed by atoms with Gasteiger partial charge in [-0.1, -0.05) is 18.8 Å². The summed E-state index contributed by atoms with van der Waals surface area (Å²) in [6.45, 7) is 1.99. The van der Waals surface area contributed by atoms with Gasteiger partial charge in [0.2, 0.25) is 0 Å². The van der Waals surface area contributed by atoms with Crippen LogP contribution in [0.1, 0.15) is 29.4 Å². The maximum atomic E-state index is 10.8. The van der Waals surface area contributed by atoms with E-state index >= 15 is 0 Å². The van der Waals surface area contributed by atoms with Crippen molar-refractivity contribution in [3.63, 3.8) is 0 Å². The third-order valence-electron chi connectivity index (χ3n) is 2.26. The van der Waals surface area contributed by atoms with Crippen LogP contribution < -0.4 is 0 Å². The molecule has 0 aliphatic rings. The molecule has 2 rings (SSSR count). The summed E-state index contributed by atoms with van der Waals surface area (Å²) in [7, 11) is 0. The summed E-state index contributed by atoms with van der Waals surface area (Å²) >= 11 is 0. The molecule has 0 aliphatic carbocycles. The lowest BCUT2D eigenvalue weighted by atomic mass is 10.1. The van der Waals surface area contributed by atoms with E-state index in [9.17, 15) is 4.79 Å². The predicted molar refractivity (Wildman–Crippen MR) is 62.4 cm³/mol.